The smallest absolute Gasteiger partial charge is 0.356 e. The van der Waals surface area contributed by atoms with Crippen LogP contribution in [0.1, 0.15) is 38.5 Å². The number of nitrogens with zero attached hydrogens (tertiary/aromatic N) is 2. The summed E-state index contributed by atoms with van der Waals surface area (Å²) in [4.78, 5) is 6.51. The number of likely N-dealkylation sites (tertiary alicyclic amines) is 1. The number of aliphatic imine (C=N–C) groups is 1. The van der Waals surface area contributed by atoms with Crippen molar-refractivity contribution >= 4 is 29.9 Å². The zero-order valence-electron chi connectivity index (χ0n) is 14.5. The molecule has 1 saturated heterocycles. The van der Waals surface area contributed by atoms with Crippen LogP contribution in [0.3, 0.4) is 0 Å². The first-order chi connectivity index (χ1) is 10.9. The molecule has 1 aliphatic carbocycles. The third-order valence-corrected chi connectivity index (χ3v) is 5.20. The van der Waals surface area contributed by atoms with Crippen molar-refractivity contribution < 1.29 is 13.2 Å². The van der Waals surface area contributed by atoms with E-state index in [1.54, 1.807) is 7.05 Å². The van der Waals surface area contributed by atoms with Crippen molar-refractivity contribution in [1.29, 1.82) is 0 Å². The van der Waals surface area contributed by atoms with Gasteiger partial charge in [0.15, 0.2) is 5.96 Å². The Balaban J connectivity index is 0.00000288. The van der Waals surface area contributed by atoms with Crippen LogP contribution in [0.4, 0.5) is 13.2 Å². The highest BCUT2D eigenvalue weighted by Crippen LogP contribution is 2.39. The summed E-state index contributed by atoms with van der Waals surface area (Å²) in [6, 6.07) is 0.512. The van der Waals surface area contributed by atoms with Crippen molar-refractivity contribution in [2.75, 3.05) is 33.7 Å². The molecule has 2 aliphatic rings. The second-order valence-corrected chi connectivity index (χ2v) is 6.88. The maximum absolute atomic E-state index is 12.8. The average molecular weight is 462 g/mol. The quantitative estimate of drug-likeness (QED) is 0.383. The summed E-state index contributed by atoms with van der Waals surface area (Å²) in [5.41, 5.74) is 0. The Labute approximate surface area is 160 Å². The Morgan fingerprint density at radius 1 is 1.12 bits per heavy atom. The van der Waals surface area contributed by atoms with Gasteiger partial charge in [0.25, 0.3) is 0 Å². The maximum Gasteiger partial charge on any atom is 0.391 e. The maximum atomic E-state index is 12.8. The molecule has 3 unspecified atom stereocenters. The SMILES string of the molecule is CN=C(NCC1CCCC(C(F)(F)F)C1)NCC1CCCN1C.I. The Kier molecular flexibility index (Phi) is 9.11. The van der Waals surface area contributed by atoms with E-state index in [9.17, 15) is 13.2 Å². The number of likely N-dealkylation sites (N-methyl/N-ethyl adjacent to an activating group) is 1. The van der Waals surface area contributed by atoms with Gasteiger partial charge >= 0.3 is 6.18 Å². The lowest BCUT2D eigenvalue weighted by atomic mass is 9.81. The number of guanidine groups is 1. The standard InChI is InChI=1S/C16H29F3N4.HI/c1-20-15(22-11-14-7-4-8-23(14)2)21-10-12-5-3-6-13(9-12)16(17,18)19;/h12-14H,3-11H2,1-2H3,(H2,20,21,22);1H. The first-order valence-electron chi connectivity index (χ1n) is 8.61. The molecule has 3 atom stereocenters. The van der Waals surface area contributed by atoms with E-state index in [4.69, 9.17) is 0 Å². The average Bonchev–Trinajstić information content (AvgIpc) is 2.92. The fourth-order valence-corrected chi connectivity index (χ4v) is 3.69. The molecule has 1 heterocycles. The van der Waals surface area contributed by atoms with Gasteiger partial charge in [-0.05, 0) is 51.6 Å². The minimum absolute atomic E-state index is 0. The van der Waals surface area contributed by atoms with Crippen molar-refractivity contribution in [2.24, 2.45) is 16.8 Å². The van der Waals surface area contributed by atoms with E-state index < -0.39 is 12.1 Å². The Hall–Kier alpha value is -0.250. The molecule has 1 saturated carbocycles. The van der Waals surface area contributed by atoms with Crippen molar-refractivity contribution in [1.82, 2.24) is 15.5 Å². The predicted octanol–water partition coefficient (Wildman–Crippen LogP) is 3.23. The highest BCUT2D eigenvalue weighted by atomic mass is 127. The van der Waals surface area contributed by atoms with Gasteiger partial charge < -0.3 is 15.5 Å². The van der Waals surface area contributed by atoms with E-state index in [0.717, 1.165) is 19.5 Å². The van der Waals surface area contributed by atoms with Crippen molar-refractivity contribution in [2.45, 2.75) is 50.7 Å². The van der Waals surface area contributed by atoms with E-state index >= 15 is 0 Å². The van der Waals surface area contributed by atoms with Crippen LogP contribution in [0.2, 0.25) is 0 Å². The van der Waals surface area contributed by atoms with E-state index in [1.807, 2.05) is 0 Å². The molecule has 2 rings (SSSR count). The molecule has 24 heavy (non-hydrogen) atoms. The molecule has 0 aromatic rings. The number of nitrogens with one attached hydrogen (secondary N) is 2. The van der Waals surface area contributed by atoms with E-state index in [-0.39, 0.29) is 42.7 Å². The first kappa shape index (κ1) is 21.8. The number of halogens is 4. The number of hydrogen-bond donors (Lipinski definition) is 2. The topological polar surface area (TPSA) is 39.7 Å². The molecule has 1 aliphatic heterocycles. The van der Waals surface area contributed by atoms with Gasteiger partial charge in [-0.15, -0.1) is 24.0 Å². The first-order valence-corrected chi connectivity index (χ1v) is 8.61. The number of alkyl halides is 3. The molecule has 0 spiro atoms. The normalized spacial score (nSPS) is 29.2. The fraction of sp³-hybridized carbons (Fsp3) is 0.938. The van der Waals surface area contributed by atoms with Gasteiger partial charge in [-0.1, -0.05) is 6.42 Å². The Morgan fingerprint density at radius 2 is 1.83 bits per heavy atom. The second-order valence-electron chi connectivity index (χ2n) is 6.88. The van der Waals surface area contributed by atoms with Crippen LogP contribution in [-0.2, 0) is 0 Å². The summed E-state index contributed by atoms with van der Waals surface area (Å²) >= 11 is 0. The molecule has 2 N–H and O–H groups in total. The van der Waals surface area contributed by atoms with Crippen LogP contribution in [0, 0.1) is 11.8 Å². The predicted molar refractivity (Wildman–Crippen MR) is 102 cm³/mol. The van der Waals surface area contributed by atoms with E-state index in [1.165, 1.54) is 12.8 Å². The zero-order valence-corrected chi connectivity index (χ0v) is 16.9. The summed E-state index contributed by atoms with van der Waals surface area (Å²) in [6.07, 6.45) is 0.384. The number of hydrogen-bond acceptors (Lipinski definition) is 2. The highest BCUT2D eigenvalue weighted by molar-refractivity contribution is 14.0. The molecule has 0 amide bonds. The molecule has 0 bridgehead atoms. The van der Waals surface area contributed by atoms with Gasteiger partial charge in [-0.3, -0.25) is 4.99 Å². The molecule has 2 fully saturated rings. The molecule has 8 heteroatoms. The minimum Gasteiger partial charge on any atom is -0.356 e. The van der Waals surface area contributed by atoms with Crippen LogP contribution in [0.25, 0.3) is 0 Å². The summed E-state index contributed by atoms with van der Waals surface area (Å²) in [5, 5.41) is 6.50. The molecular formula is C16H30F3IN4. The van der Waals surface area contributed by atoms with Gasteiger partial charge in [0.2, 0.25) is 0 Å². The van der Waals surface area contributed by atoms with Crippen molar-refractivity contribution in [3.8, 4) is 0 Å². The Bertz CT molecular complexity index is 403. The third-order valence-electron chi connectivity index (χ3n) is 5.20. The lowest BCUT2D eigenvalue weighted by molar-refractivity contribution is -0.185. The molecule has 4 nitrogen and oxygen atoms in total. The monoisotopic (exact) mass is 462 g/mol. The van der Waals surface area contributed by atoms with Crippen LogP contribution in [0.15, 0.2) is 4.99 Å². The van der Waals surface area contributed by atoms with Gasteiger partial charge in [0, 0.05) is 26.2 Å². The molecule has 142 valence electrons. The summed E-state index contributed by atoms with van der Waals surface area (Å²) in [7, 11) is 3.82. The minimum atomic E-state index is -4.05. The molecular weight excluding hydrogens is 432 g/mol. The summed E-state index contributed by atoms with van der Waals surface area (Å²) in [5.74, 6) is -0.368. The second kappa shape index (κ2) is 10.0. The lowest BCUT2D eigenvalue weighted by Gasteiger charge is -2.31. The van der Waals surface area contributed by atoms with E-state index in [0.29, 0.717) is 25.0 Å². The van der Waals surface area contributed by atoms with E-state index in [2.05, 4.69) is 27.6 Å². The Morgan fingerprint density at radius 3 is 2.42 bits per heavy atom. The third kappa shape index (κ3) is 6.57. The molecule has 0 aromatic heterocycles. The van der Waals surface area contributed by atoms with Crippen LogP contribution in [0.5, 0.6) is 0 Å². The highest BCUT2D eigenvalue weighted by Gasteiger charge is 2.42. The van der Waals surface area contributed by atoms with Crippen LogP contribution < -0.4 is 10.6 Å². The summed E-state index contributed by atoms with van der Waals surface area (Å²) < 4.78 is 38.5. The largest absolute Gasteiger partial charge is 0.391 e. The van der Waals surface area contributed by atoms with Gasteiger partial charge in [0.05, 0.1) is 5.92 Å². The summed E-state index contributed by atoms with van der Waals surface area (Å²) in [6.45, 7) is 2.51. The lowest BCUT2D eigenvalue weighted by Crippen LogP contribution is -2.45. The molecule has 0 aromatic carbocycles. The van der Waals surface area contributed by atoms with Gasteiger partial charge in [0.1, 0.15) is 0 Å². The van der Waals surface area contributed by atoms with Gasteiger partial charge in [-0.25, -0.2) is 0 Å². The van der Waals surface area contributed by atoms with Crippen LogP contribution >= 0.6 is 24.0 Å². The van der Waals surface area contributed by atoms with Crippen molar-refractivity contribution in [3.63, 3.8) is 0 Å². The fourth-order valence-electron chi connectivity index (χ4n) is 3.69. The van der Waals surface area contributed by atoms with Crippen molar-refractivity contribution in [3.05, 3.63) is 0 Å². The zero-order chi connectivity index (χ0) is 16.9. The van der Waals surface area contributed by atoms with Gasteiger partial charge in [-0.2, -0.15) is 13.2 Å². The number of rotatable bonds is 4. The van der Waals surface area contributed by atoms with Crippen LogP contribution in [-0.4, -0.2) is 56.8 Å². The molecule has 0 radical (unpaired) electrons.